The van der Waals surface area contributed by atoms with E-state index in [9.17, 15) is 4.79 Å². The number of benzene rings is 1. The van der Waals surface area contributed by atoms with Gasteiger partial charge in [-0.1, -0.05) is 27.7 Å². The van der Waals surface area contributed by atoms with Gasteiger partial charge < -0.3 is 5.32 Å². The third-order valence-corrected chi connectivity index (χ3v) is 3.30. The minimum Gasteiger partial charge on any atom is -0.339 e. The third kappa shape index (κ3) is 3.08. The number of halogens is 1. The Kier molecular flexibility index (Phi) is 4.33. The first-order chi connectivity index (χ1) is 8.72. The van der Waals surface area contributed by atoms with Crippen LogP contribution in [-0.4, -0.2) is 22.5 Å². The molecule has 0 spiro atoms. The molecule has 0 atom stereocenters. The van der Waals surface area contributed by atoms with Crippen molar-refractivity contribution in [3.8, 4) is 0 Å². The van der Waals surface area contributed by atoms with Gasteiger partial charge in [-0.25, -0.2) is 9.97 Å². The maximum absolute atomic E-state index is 10.9. The van der Waals surface area contributed by atoms with Gasteiger partial charge >= 0.3 is 0 Å². The van der Waals surface area contributed by atoms with Crippen LogP contribution in [0.2, 0.25) is 0 Å². The zero-order chi connectivity index (χ0) is 13.0. The zero-order valence-electron chi connectivity index (χ0n) is 9.55. The lowest BCUT2D eigenvalue weighted by atomic mass is 10.3. The quantitative estimate of drug-likeness (QED) is 0.530. The second-order valence-electron chi connectivity index (χ2n) is 3.41. The average Bonchev–Trinajstić information content (AvgIpc) is 2.41. The largest absolute Gasteiger partial charge is 0.339 e. The molecular formula is C12H10BrN3OS. The number of carbonyl (C=O) groups excluding carboxylic acids is 1. The first-order valence-corrected chi connectivity index (χ1v) is 7.13. The number of aldehydes is 1. The van der Waals surface area contributed by atoms with Crippen molar-refractivity contribution in [3.63, 3.8) is 0 Å². The summed E-state index contributed by atoms with van der Waals surface area (Å²) in [6.07, 6.45) is 4.15. The molecule has 6 heteroatoms. The Hall–Kier alpha value is -1.40. The van der Waals surface area contributed by atoms with E-state index >= 15 is 0 Å². The van der Waals surface area contributed by atoms with Crippen molar-refractivity contribution in [1.82, 2.24) is 9.97 Å². The predicted octanol–water partition coefficient (Wildman–Crippen LogP) is 3.52. The lowest BCUT2D eigenvalue weighted by molar-refractivity contribution is 0.112. The highest BCUT2D eigenvalue weighted by atomic mass is 79.9. The van der Waals surface area contributed by atoms with Crippen molar-refractivity contribution in [3.05, 3.63) is 40.5 Å². The van der Waals surface area contributed by atoms with Crippen LogP contribution < -0.4 is 5.32 Å². The summed E-state index contributed by atoms with van der Waals surface area (Å²) in [6.45, 7) is 0. The van der Waals surface area contributed by atoms with Crippen LogP contribution in [0.1, 0.15) is 10.4 Å². The van der Waals surface area contributed by atoms with Crippen molar-refractivity contribution in [2.24, 2.45) is 0 Å². The minimum absolute atomic E-state index is 0.440. The molecule has 0 radical (unpaired) electrons. The molecule has 18 heavy (non-hydrogen) atoms. The molecule has 1 N–H and O–H groups in total. The molecule has 2 aromatic rings. The van der Waals surface area contributed by atoms with Gasteiger partial charge in [-0.2, -0.15) is 0 Å². The number of thioether (sulfide) groups is 1. The summed E-state index contributed by atoms with van der Waals surface area (Å²) in [5, 5.41) is 3.73. The molecule has 2 rings (SSSR count). The molecule has 0 saturated carbocycles. The molecule has 92 valence electrons. The second-order valence-corrected chi connectivity index (χ2v) is 5.10. The number of nitrogens with zero attached hydrogens (tertiary/aromatic N) is 2. The number of rotatable bonds is 4. The van der Waals surface area contributed by atoms with E-state index in [-0.39, 0.29) is 0 Å². The van der Waals surface area contributed by atoms with Gasteiger partial charge in [0, 0.05) is 16.4 Å². The Morgan fingerprint density at radius 3 is 2.67 bits per heavy atom. The summed E-state index contributed by atoms with van der Waals surface area (Å²) in [7, 11) is 0. The summed E-state index contributed by atoms with van der Waals surface area (Å²) >= 11 is 4.80. The van der Waals surface area contributed by atoms with Crippen molar-refractivity contribution < 1.29 is 4.79 Å². The highest BCUT2D eigenvalue weighted by Crippen LogP contribution is 2.21. The number of carbonyl (C=O) groups is 1. The van der Waals surface area contributed by atoms with Crippen molar-refractivity contribution in [2.75, 3.05) is 11.6 Å². The predicted molar refractivity (Wildman–Crippen MR) is 76.6 cm³/mol. The molecule has 0 bridgehead atoms. The first-order valence-electron chi connectivity index (χ1n) is 5.11. The molecule has 0 aliphatic heterocycles. The minimum atomic E-state index is 0.440. The van der Waals surface area contributed by atoms with Crippen molar-refractivity contribution in [2.45, 2.75) is 5.16 Å². The maximum atomic E-state index is 10.9. The summed E-state index contributed by atoms with van der Waals surface area (Å²) < 4.78 is 0.996. The van der Waals surface area contributed by atoms with E-state index in [1.165, 1.54) is 18.0 Å². The van der Waals surface area contributed by atoms with Crippen LogP contribution in [0.25, 0.3) is 0 Å². The van der Waals surface area contributed by atoms with Gasteiger partial charge in [0.15, 0.2) is 11.4 Å². The Bertz CT molecular complexity index is 560. The monoisotopic (exact) mass is 323 g/mol. The van der Waals surface area contributed by atoms with Gasteiger partial charge in [0.1, 0.15) is 5.82 Å². The van der Waals surface area contributed by atoms with E-state index in [2.05, 4.69) is 31.2 Å². The van der Waals surface area contributed by atoms with Gasteiger partial charge in [-0.3, -0.25) is 4.79 Å². The van der Waals surface area contributed by atoms with Crippen LogP contribution in [0.5, 0.6) is 0 Å². The number of aromatic nitrogens is 2. The normalized spacial score (nSPS) is 10.1. The van der Waals surface area contributed by atoms with Crippen LogP contribution in [0.15, 0.2) is 40.1 Å². The molecule has 0 aliphatic carbocycles. The molecular weight excluding hydrogens is 314 g/mol. The highest BCUT2D eigenvalue weighted by molar-refractivity contribution is 9.10. The van der Waals surface area contributed by atoms with Crippen LogP contribution in [0.3, 0.4) is 0 Å². The lowest BCUT2D eigenvalue weighted by Gasteiger charge is -2.08. The van der Waals surface area contributed by atoms with Gasteiger partial charge in [-0.05, 0) is 30.5 Å². The number of anilines is 2. The SMILES string of the molecule is CSc1ncc(C=O)c(Nc2ccc(Br)cc2)n1. The Morgan fingerprint density at radius 1 is 1.33 bits per heavy atom. The van der Waals surface area contributed by atoms with Gasteiger partial charge in [0.2, 0.25) is 0 Å². The molecule has 0 saturated heterocycles. The van der Waals surface area contributed by atoms with E-state index in [0.29, 0.717) is 16.5 Å². The molecule has 1 heterocycles. The first kappa shape index (κ1) is 13.0. The second kappa shape index (κ2) is 5.97. The van der Waals surface area contributed by atoms with E-state index in [0.717, 1.165) is 16.4 Å². The Labute approximate surface area is 117 Å². The number of nitrogens with one attached hydrogen (secondary N) is 1. The fourth-order valence-corrected chi connectivity index (χ4v) is 1.93. The van der Waals surface area contributed by atoms with Crippen molar-refractivity contribution in [1.29, 1.82) is 0 Å². The van der Waals surface area contributed by atoms with Crippen LogP contribution in [0.4, 0.5) is 11.5 Å². The number of hydrogen-bond donors (Lipinski definition) is 1. The van der Waals surface area contributed by atoms with Gasteiger partial charge in [0.25, 0.3) is 0 Å². The van der Waals surface area contributed by atoms with Gasteiger partial charge in [-0.15, -0.1) is 0 Å². The molecule has 0 unspecified atom stereocenters. The molecule has 4 nitrogen and oxygen atoms in total. The fourth-order valence-electron chi connectivity index (χ4n) is 1.33. The third-order valence-electron chi connectivity index (χ3n) is 2.21. The van der Waals surface area contributed by atoms with Crippen LogP contribution >= 0.6 is 27.7 Å². The molecule has 0 fully saturated rings. The van der Waals surface area contributed by atoms with Crippen LogP contribution in [0, 0.1) is 0 Å². The number of hydrogen-bond acceptors (Lipinski definition) is 5. The summed E-state index contributed by atoms with van der Waals surface area (Å²) in [6, 6.07) is 7.64. The average molecular weight is 324 g/mol. The van der Waals surface area contributed by atoms with Crippen molar-refractivity contribution >= 4 is 45.5 Å². The van der Waals surface area contributed by atoms with E-state index in [1.807, 2.05) is 30.5 Å². The van der Waals surface area contributed by atoms with Gasteiger partial charge in [0.05, 0.1) is 5.56 Å². The standard InChI is InChI=1S/C12H10BrN3OS/c1-18-12-14-6-8(7-17)11(16-12)15-10-4-2-9(13)3-5-10/h2-7H,1H3,(H,14,15,16). The smallest absolute Gasteiger partial charge is 0.189 e. The van der Waals surface area contributed by atoms with Crippen LogP contribution in [-0.2, 0) is 0 Å². The highest BCUT2D eigenvalue weighted by Gasteiger charge is 2.06. The topological polar surface area (TPSA) is 54.9 Å². The molecule has 0 aliphatic rings. The summed E-state index contributed by atoms with van der Waals surface area (Å²) in [5.74, 6) is 0.520. The van der Waals surface area contributed by atoms with E-state index in [1.54, 1.807) is 0 Å². The Morgan fingerprint density at radius 2 is 2.06 bits per heavy atom. The molecule has 1 aromatic heterocycles. The molecule has 1 aromatic carbocycles. The Balaban J connectivity index is 2.31. The lowest BCUT2D eigenvalue weighted by Crippen LogP contribution is -2.01. The summed E-state index contributed by atoms with van der Waals surface area (Å²) in [5.41, 5.74) is 1.31. The molecule has 0 amide bonds. The van der Waals surface area contributed by atoms with E-state index < -0.39 is 0 Å². The summed E-state index contributed by atoms with van der Waals surface area (Å²) in [4.78, 5) is 19.3. The van der Waals surface area contributed by atoms with E-state index in [4.69, 9.17) is 0 Å². The zero-order valence-corrected chi connectivity index (χ0v) is 12.0. The maximum Gasteiger partial charge on any atom is 0.189 e. The fraction of sp³-hybridized carbons (Fsp3) is 0.0833.